The number of nitrogen functional groups attached to an aromatic ring is 1. The second-order valence-corrected chi connectivity index (χ2v) is 6.49. The summed E-state index contributed by atoms with van der Waals surface area (Å²) < 4.78 is 5.73. The summed E-state index contributed by atoms with van der Waals surface area (Å²) in [4.78, 5) is 6.97. The lowest BCUT2D eigenvalue weighted by atomic mass is 9.92. The third-order valence-electron chi connectivity index (χ3n) is 4.06. The predicted molar refractivity (Wildman–Crippen MR) is 88.8 cm³/mol. The summed E-state index contributed by atoms with van der Waals surface area (Å²) in [5, 5.41) is 0. The van der Waals surface area contributed by atoms with E-state index in [1.807, 2.05) is 12.1 Å². The van der Waals surface area contributed by atoms with Crippen molar-refractivity contribution >= 4 is 11.5 Å². The Morgan fingerprint density at radius 3 is 2.67 bits per heavy atom. The first kappa shape index (κ1) is 15.9. The monoisotopic (exact) mass is 291 g/mol. The van der Waals surface area contributed by atoms with Crippen LogP contribution < -0.4 is 15.4 Å². The number of rotatable bonds is 6. The SMILES string of the molecule is CCCC1CCN(c2ccc(N)c(OCC(C)C)n2)CC1. The predicted octanol–water partition coefficient (Wildman–Crippen LogP) is 3.72. The Morgan fingerprint density at radius 1 is 1.33 bits per heavy atom. The van der Waals surface area contributed by atoms with Gasteiger partial charge in [-0.2, -0.15) is 4.98 Å². The van der Waals surface area contributed by atoms with Crippen LogP contribution >= 0.6 is 0 Å². The molecule has 2 rings (SSSR count). The molecular weight excluding hydrogens is 262 g/mol. The maximum absolute atomic E-state index is 5.96. The number of nitrogens with zero attached hydrogens (tertiary/aromatic N) is 2. The van der Waals surface area contributed by atoms with E-state index in [4.69, 9.17) is 10.5 Å². The normalized spacial score (nSPS) is 16.5. The summed E-state index contributed by atoms with van der Waals surface area (Å²) in [6.07, 6.45) is 5.17. The van der Waals surface area contributed by atoms with Crippen molar-refractivity contribution in [3.05, 3.63) is 12.1 Å². The van der Waals surface area contributed by atoms with E-state index in [9.17, 15) is 0 Å². The van der Waals surface area contributed by atoms with E-state index in [0.29, 0.717) is 24.1 Å². The first-order valence-corrected chi connectivity index (χ1v) is 8.24. The molecule has 0 spiro atoms. The van der Waals surface area contributed by atoms with E-state index >= 15 is 0 Å². The molecule has 0 radical (unpaired) electrons. The molecule has 1 fully saturated rings. The molecule has 1 saturated heterocycles. The molecule has 1 aromatic rings. The summed E-state index contributed by atoms with van der Waals surface area (Å²) >= 11 is 0. The smallest absolute Gasteiger partial charge is 0.239 e. The van der Waals surface area contributed by atoms with Crippen LogP contribution in [0, 0.1) is 11.8 Å². The van der Waals surface area contributed by atoms with Gasteiger partial charge in [0.25, 0.3) is 0 Å². The summed E-state index contributed by atoms with van der Waals surface area (Å²) in [6, 6.07) is 3.92. The molecule has 118 valence electrons. The van der Waals surface area contributed by atoms with Crippen LogP contribution in [0.3, 0.4) is 0 Å². The maximum atomic E-state index is 5.96. The van der Waals surface area contributed by atoms with Gasteiger partial charge < -0.3 is 15.4 Å². The van der Waals surface area contributed by atoms with E-state index in [1.54, 1.807) is 0 Å². The minimum Gasteiger partial charge on any atom is -0.476 e. The Bertz CT molecular complexity index is 440. The average Bonchev–Trinajstić information content (AvgIpc) is 2.47. The van der Waals surface area contributed by atoms with Crippen LogP contribution in [0.4, 0.5) is 11.5 Å². The Kier molecular flexibility index (Phi) is 5.71. The molecule has 1 aliphatic heterocycles. The van der Waals surface area contributed by atoms with Crippen molar-refractivity contribution in [2.45, 2.75) is 46.5 Å². The lowest BCUT2D eigenvalue weighted by molar-refractivity contribution is 0.263. The zero-order valence-corrected chi connectivity index (χ0v) is 13.6. The Morgan fingerprint density at radius 2 is 2.05 bits per heavy atom. The molecule has 0 bridgehead atoms. The van der Waals surface area contributed by atoms with Crippen molar-refractivity contribution in [1.82, 2.24) is 4.98 Å². The number of aromatic nitrogens is 1. The number of ether oxygens (including phenoxy) is 1. The zero-order valence-electron chi connectivity index (χ0n) is 13.6. The molecule has 21 heavy (non-hydrogen) atoms. The van der Waals surface area contributed by atoms with E-state index in [2.05, 4.69) is 30.7 Å². The van der Waals surface area contributed by atoms with Gasteiger partial charge in [-0.25, -0.2) is 0 Å². The molecule has 1 aromatic heterocycles. The number of hydrogen-bond donors (Lipinski definition) is 1. The fourth-order valence-electron chi connectivity index (χ4n) is 2.84. The number of pyridine rings is 1. The standard InChI is InChI=1S/C17H29N3O/c1-4-5-14-8-10-20(11-9-14)16-7-6-15(18)17(19-16)21-12-13(2)3/h6-7,13-14H,4-5,8-12,18H2,1-3H3. The summed E-state index contributed by atoms with van der Waals surface area (Å²) in [6.45, 7) is 9.35. The molecule has 0 aromatic carbocycles. The van der Waals surface area contributed by atoms with Crippen LogP contribution in [-0.4, -0.2) is 24.7 Å². The molecule has 0 amide bonds. The number of nitrogens with two attached hydrogens (primary N) is 1. The molecule has 4 nitrogen and oxygen atoms in total. The van der Waals surface area contributed by atoms with Gasteiger partial charge in [-0.15, -0.1) is 0 Å². The second-order valence-electron chi connectivity index (χ2n) is 6.49. The van der Waals surface area contributed by atoms with Crippen molar-refractivity contribution in [2.24, 2.45) is 11.8 Å². The van der Waals surface area contributed by atoms with Crippen molar-refractivity contribution in [1.29, 1.82) is 0 Å². The fraction of sp³-hybridized carbons (Fsp3) is 0.706. The summed E-state index contributed by atoms with van der Waals surface area (Å²) in [5.74, 6) is 2.94. The Balaban J connectivity index is 1.99. The van der Waals surface area contributed by atoms with Gasteiger partial charge >= 0.3 is 0 Å². The highest BCUT2D eigenvalue weighted by molar-refractivity contribution is 5.54. The highest BCUT2D eigenvalue weighted by Gasteiger charge is 2.20. The minimum atomic E-state index is 0.472. The highest BCUT2D eigenvalue weighted by atomic mass is 16.5. The zero-order chi connectivity index (χ0) is 15.2. The van der Waals surface area contributed by atoms with Gasteiger partial charge in [0.05, 0.1) is 12.3 Å². The number of piperidine rings is 1. The lowest BCUT2D eigenvalue weighted by Gasteiger charge is -2.33. The first-order chi connectivity index (χ1) is 10.1. The van der Waals surface area contributed by atoms with Gasteiger partial charge in [-0.05, 0) is 36.8 Å². The van der Waals surface area contributed by atoms with Crippen LogP contribution in [0.25, 0.3) is 0 Å². The lowest BCUT2D eigenvalue weighted by Crippen LogP contribution is -2.34. The molecule has 0 unspecified atom stereocenters. The van der Waals surface area contributed by atoms with Gasteiger partial charge in [0.1, 0.15) is 5.82 Å². The summed E-state index contributed by atoms with van der Waals surface area (Å²) in [5.41, 5.74) is 6.59. The van der Waals surface area contributed by atoms with Crippen molar-refractivity contribution < 1.29 is 4.74 Å². The van der Waals surface area contributed by atoms with Crippen LogP contribution in [0.15, 0.2) is 12.1 Å². The summed E-state index contributed by atoms with van der Waals surface area (Å²) in [7, 11) is 0. The molecular formula is C17H29N3O. The van der Waals surface area contributed by atoms with E-state index in [0.717, 1.165) is 24.8 Å². The fourth-order valence-corrected chi connectivity index (χ4v) is 2.84. The third-order valence-corrected chi connectivity index (χ3v) is 4.06. The van der Waals surface area contributed by atoms with Gasteiger partial charge in [0.15, 0.2) is 0 Å². The molecule has 2 N–H and O–H groups in total. The third kappa shape index (κ3) is 4.51. The van der Waals surface area contributed by atoms with Crippen molar-refractivity contribution in [2.75, 3.05) is 30.3 Å². The maximum Gasteiger partial charge on any atom is 0.239 e. The van der Waals surface area contributed by atoms with Crippen molar-refractivity contribution in [3.8, 4) is 5.88 Å². The molecule has 4 heteroatoms. The van der Waals surface area contributed by atoms with E-state index in [1.165, 1.54) is 25.7 Å². The van der Waals surface area contributed by atoms with Gasteiger partial charge in [-0.1, -0.05) is 33.6 Å². The van der Waals surface area contributed by atoms with E-state index < -0.39 is 0 Å². The largest absolute Gasteiger partial charge is 0.476 e. The van der Waals surface area contributed by atoms with Gasteiger partial charge in [0, 0.05) is 13.1 Å². The topological polar surface area (TPSA) is 51.4 Å². The molecule has 1 aliphatic rings. The van der Waals surface area contributed by atoms with Gasteiger partial charge in [0.2, 0.25) is 5.88 Å². The van der Waals surface area contributed by atoms with Crippen LogP contribution in [0.5, 0.6) is 5.88 Å². The molecule has 0 aliphatic carbocycles. The quantitative estimate of drug-likeness (QED) is 0.868. The number of anilines is 2. The Hall–Kier alpha value is -1.45. The minimum absolute atomic E-state index is 0.472. The average molecular weight is 291 g/mol. The van der Waals surface area contributed by atoms with Crippen LogP contribution in [-0.2, 0) is 0 Å². The van der Waals surface area contributed by atoms with Crippen molar-refractivity contribution in [3.63, 3.8) is 0 Å². The molecule has 2 heterocycles. The Labute approximate surface area is 128 Å². The van der Waals surface area contributed by atoms with E-state index in [-0.39, 0.29) is 0 Å². The molecule has 0 atom stereocenters. The van der Waals surface area contributed by atoms with Gasteiger partial charge in [-0.3, -0.25) is 0 Å². The molecule has 0 saturated carbocycles. The number of hydrogen-bond acceptors (Lipinski definition) is 4. The highest BCUT2D eigenvalue weighted by Crippen LogP contribution is 2.28. The van der Waals surface area contributed by atoms with Crippen LogP contribution in [0.1, 0.15) is 46.5 Å². The first-order valence-electron chi connectivity index (χ1n) is 8.24. The second kappa shape index (κ2) is 7.53. The van der Waals surface area contributed by atoms with Crippen LogP contribution in [0.2, 0.25) is 0 Å².